The van der Waals surface area contributed by atoms with Crippen LogP contribution in [0.25, 0.3) is 0 Å². The largest absolute Gasteiger partial charge is 0.468 e. The van der Waals surface area contributed by atoms with Crippen molar-refractivity contribution in [2.45, 2.75) is 38.3 Å². The molecule has 1 aromatic rings. The molecule has 0 amide bonds. The highest BCUT2D eigenvalue weighted by Gasteiger charge is 2.25. The number of hydrogen-bond donors (Lipinski definition) is 0. The fourth-order valence-corrected chi connectivity index (χ4v) is 2.75. The van der Waals surface area contributed by atoms with E-state index in [1.807, 2.05) is 4.90 Å². The van der Waals surface area contributed by atoms with E-state index in [2.05, 4.69) is 0 Å². The molecule has 0 bridgehead atoms. The van der Waals surface area contributed by atoms with E-state index in [1.165, 1.54) is 19.2 Å². The summed E-state index contributed by atoms with van der Waals surface area (Å²) in [4.78, 5) is 13.4. The van der Waals surface area contributed by atoms with Crippen molar-refractivity contribution < 1.29 is 18.3 Å². The van der Waals surface area contributed by atoms with Crippen LogP contribution in [-0.4, -0.2) is 30.6 Å². The van der Waals surface area contributed by atoms with Gasteiger partial charge in [0.15, 0.2) is 0 Å². The van der Waals surface area contributed by atoms with Gasteiger partial charge in [-0.1, -0.05) is 12.8 Å². The molecule has 0 aliphatic heterocycles. The molecule has 0 heterocycles. The van der Waals surface area contributed by atoms with Crippen LogP contribution < -0.4 is 0 Å². The molecule has 20 heavy (non-hydrogen) atoms. The molecule has 0 saturated heterocycles. The Kier molecular flexibility index (Phi) is 5.06. The van der Waals surface area contributed by atoms with Crippen molar-refractivity contribution in [3.8, 4) is 0 Å². The molecule has 0 aromatic heterocycles. The molecule has 0 atom stereocenters. The molecule has 0 unspecified atom stereocenters. The summed E-state index contributed by atoms with van der Waals surface area (Å²) in [5, 5.41) is 0. The Balaban J connectivity index is 2.11. The van der Waals surface area contributed by atoms with Gasteiger partial charge in [0.2, 0.25) is 0 Å². The van der Waals surface area contributed by atoms with E-state index in [1.54, 1.807) is 0 Å². The Hall–Kier alpha value is -1.49. The summed E-state index contributed by atoms with van der Waals surface area (Å²) >= 11 is 0. The SMILES string of the molecule is COC(=O)CN(Cc1cc(F)cc(F)c1)C1CCCC1. The van der Waals surface area contributed by atoms with E-state index in [4.69, 9.17) is 4.74 Å². The number of hydrogen-bond acceptors (Lipinski definition) is 3. The van der Waals surface area contributed by atoms with Crippen molar-refractivity contribution in [2.24, 2.45) is 0 Å². The summed E-state index contributed by atoms with van der Waals surface area (Å²) in [5.74, 6) is -1.51. The highest BCUT2D eigenvalue weighted by atomic mass is 19.1. The average molecular weight is 283 g/mol. The van der Waals surface area contributed by atoms with Crippen LogP contribution in [0.15, 0.2) is 18.2 Å². The second-order valence-electron chi connectivity index (χ2n) is 5.20. The molecule has 0 N–H and O–H groups in total. The molecule has 0 spiro atoms. The van der Waals surface area contributed by atoms with Crippen LogP contribution in [0.2, 0.25) is 0 Å². The molecule has 1 aliphatic rings. The maximum absolute atomic E-state index is 13.2. The smallest absolute Gasteiger partial charge is 0.319 e. The van der Waals surface area contributed by atoms with E-state index in [9.17, 15) is 13.6 Å². The lowest BCUT2D eigenvalue weighted by molar-refractivity contribution is -0.142. The molecule has 0 radical (unpaired) electrons. The van der Waals surface area contributed by atoms with Gasteiger partial charge >= 0.3 is 5.97 Å². The van der Waals surface area contributed by atoms with Crippen molar-refractivity contribution in [1.29, 1.82) is 0 Å². The van der Waals surface area contributed by atoms with Gasteiger partial charge in [-0.15, -0.1) is 0 Å². The van der Waals surface area contributed by atoms with Gasteiger partial charge in [-0.3, -0.25) is 9.69 Å². The zero-order valence-corrected chi connectivity index (χ0v) is 11.6. The molecule has 1 saturated carbocycles. The zero-order chi connectivity index (χ0) is 14.5. The van der Waals surface area contributed by atoms with Crippen LogP contribution in [-0.2, 0) is 16.1 Å². The van der Waals surface area contributed by atoms with Gasteiger partial charge < -0.3 is 4.74 Å². The quantitative estimate of drug-likeness (QED) is 0.778. The third-order valence-electron chi connectivity index (χ3n) is 3.71. The fourth-order valence-electron chi connectivity index (χ4n) is 2.75. The number of methoxy groups -OCH3 is 1. The predicted molar refractivity (Wildman–Crippen MR) is 71.0 cm³/mol. The second kappa shape index (κ2) is 6.79. The summed E-state index contributed by atoms with van der Waals surface area (Å²) in [5.41, 5.74) is 0.540. The maximum atomic E-state index is 13.2. The first kappa shape index (κ1) is 14.9. The van der Waals surface area contributed by atoms with E-state index < -0.39 is 11.6 Å². The third kappa shape index (κ3) is 4.00. The van der Waals surface area contributed by atoms with Gasteiger partial charge in [0, 0.05) is 18.7 Å². The minimum atomic E-state index is -0.593. The van der Waals surface area contributed by atoms with Crippen LogP contribution in [0.5, 0.6) is 0 Å². The van der Waals surface area contributed by atoms with Gasteiger partial charge in [-0.2, -0.15) is 0 Å². The normalized spacial score (nSPS) is 15.8. The van der Waals surface area contributed by atoms with Crippen molar-refractivity contribution in [2.75, 3.05) is 13.7 Å². The standard InChI is InChI=1S/C15H19F2NO2/c1-20-15(19)10-18(14-4-2-3-5-14)9-11-6-12(16)8-13(17)7-11/h6-8,14H,2-5,9-10H2,1H3. The number of ether oxygens (including phenoxy) is 1. The van der Waals surface area contributed by atoms with Crippen molar-refractivity contribution in [3.05, 3.63) is 35.4 Å². The monoisotopic (exact) mass is 283 g/mol. The summed E-state index contributed by atoms with van der Waals surface area (Å²) in [6.07, 6.45) is 4.27. The van der Waals surface area contributed by atoms with Gasteiger partial charge in [-0.25, -0.2) is 8.78 Å². The highest BCUT2D eigenvalue weighted by molar-refractivity contribution is 5.71. The number of nitrogens with zero attached hydrogens (tertiary/aromatic N) is 1. The number of carbonyl (C=O) groups is 1. The molecule has 1 fully saturated rings. The van der Waals surface area contributed by atoms with Gasteiger partial charge in [0.1, 0.15) is 11.6 Å². The number of halogens is 2. The van der Waals surface area contributed by atoms with Crippen LogP contribution in [0.1, 0.15) is 31.2 Å². The Morgan fingerprint density at radius 3 is 2.40 bits per heavy atom. The number of carbonyl (C=O) groups excluding carboxylic acids is 1. The Labute approximate surface area is 117 Å². The average Bonchev–Trinajstić information content (AvgIpc) is 2.90. The van der Waals surface area contributed by atoms with Gasteiger partial charge in [0.25, 0.3) is 0 Å². The van der Waals surface area contributed by atoms with E-state index in [0.29, 0.717) is 12.1 Å². The third-order valence-corrected chi connectivity index (χ3v) is 3.71. The van der Waals surface area contributed by atoms with Gasteiger partial charge in [-0.05, 0) is 30.5 Å². The van der Waals surface area contributed by atoms with Crippen LogP contribution in [0, 0.1) is 11.6 Å². The molecule has 1 aliphatic carbocycles. The van der Waals surface area contributed by atoms with Gasteiger partial charge in [0.05, 0.1) is 13.7 Å². The predicted octanol–water partition coefficient (Wildman–Crippen LogP) is 2.88. The van der Waals surface area contributed by atoms with E-state index in [0.717, 1.165) is 31.7 Å². The molecular weight excluding hydrogens is 264 g/mol. The Bertz CT molecular complexity index is 453. The summed E-state index contributed by atoms with van der Waals surface area (Å²) in [6, 6.07) is 3.74. The number of rotatable bonds is 5. The molecule has 5 heteroatoms. The van der Waals surface area contributed by atoms with Crippen LogP contribution in [0.4, 0.5) is 8.78 Å². The maximum Gasteiger partial charge on any atom is 0.319 e. The lowest BCUT2D eigenvalue weighted by Crippen LogP contribution is -2.37. The van der Waals surface area contributed by atoms with Crippen LogP contribution in [0.3, 0.4) is 0 Å². The number of esters is 1. The van der Waals surface area contributed by atoms with Crippen molar-refractivity contribution in [3.63, 3.8) is 0 Å². The fraction of sp³-hybridized carbons (Fsp3) is 0.533. The zero-order valence-electron chi connectivity index (χ0n) is 11.6. The van der Waals surface area contributed by atoms with Crippen LogP contribution >= 0.6 is 0 Å². The first-order valence-corrected chi connectivity index (χ1v) is 6.84. The first-order valence-electron chi connectivity index (χ1n) is 6.84. The minimum Gasteiger partial charge on any atom is -0.468 e. The lowest BCUT2D eigenvalue weighted by atomic mass is 10.1. The first-order chi connectivity index (χ1) is 9.58. The topological polar surface area (TPSA) is 29.5 Å². The summed E-state index contributed by atoms with van der Waals surface area (Å²) < 4.78 is 31.2. The highest BCUT2D eigenvalue weighted by Crippen LogP contribution is 2.25. The molecule has 110 valence electrons. The molecule has 3 nitrogen and oxygen atoms in total. The summed E-state index contributed by atoms with van der Waals surface area (Å²) in [7, 11) is 1.34. The Morgan fingerprint density at radius 2 is 1.85 bits per heavy atom. The number of benzene rings is 1. The second-order valence-corrected chi connectivity index (χ2v) is 5.20. The molecule has 2 rings (SSSR count). The summed E-state index contributed by atoms with van der Waals surface area (Å²) in [6.45, 7) is 0.508. The minimum absolute atomic E-state index is 0.152. The van der Waals surface area contributed by atoms with E-state index in [-0.39, 0.29) is 18.6 Å². The molecule has 1 aromatic carbocycles. The molecular formula is C15H19F2NO2. The lowest BCUT2D eigenvalue weighted by Gasteiger charge is -2.27. The van der Waals surface area contributed by atoms with E-state index >= 15 is 0 Å². The Morgan fingerprint density at radius 1 is 1.25 bits per heavy atom. The van der Waals surface area contributed by atoms with Crippen molar-refractivity contribution in [1.82, 2.24) is 4.90 Å². The van der Waals surface area contributed by atoms with Crippen molar-refractivity contribution >= 4 is 5.97 Å².